The third-order valence-electron chi connectivity index (χ3n) is 5.55. The lowest BCUT2D eigenvalue weighted by Gasteiger charge is -2.29. The number of hydrogen-bond acceptors (Lipinski definition) is 1. The van der Waals surface area contributed by atoms with Crippen LogP contribution in [0.2, 0.25) is 0 Å². The fraction of sp³-hybridized carbons (Fsp3) is 0.929. The van der Waals surface area contributed by atoms with Crippen molar-refractivity contribution in [2.75, 3.05) is 0 Å². The van der Waals surface area contributed by atoms with Crippen LogP contribution < -0.4 is 5.32 Å². The Labute approximate surface area is 126 Å². The Hall–Kier alpha value is 0.430. The highest BCUT2D eigenvalue weighted by atomic mass is 79.9. The van der Waals surface area contributed by atoms with Crippen molar-refractivity contribution >= 4 is 37.8 Å². The van der Waals surface area contributed by atoms with Crippen molar-refractivity contribution in [3.05, 3.63) is 0 Å². The molecule has 0 aliphatic heterocycles. The van der Waals surface area contributed by atoms with E-state index in [1.165, 1.54) is 25.7 Å². The average Bonchev–Trinajstić information content (AvgIpc) is 2.74. The Morgan fingerprint density at radius 3 is 2.44 bits per heavy atom. The molecule has 3 aliphatic rings. The van der Waals surface area contributed by atoms with Crippen LogP contribution in [-0.2, 0) is 4.79 Å². The molecule has 1 N–H and O–H groups in total. The van der Waals surface area contributed by atoms with E-state index < -0.39 is 0 Å². The van der Waals surface area contributed by atoms with Gasteiger partial charge in [0.25, 0.3) is 0 Å². The average molecular weight is 379 g/mol. The Balaban J connectivity index is 1.59. The normalized spacial score (nSPS) is 45.9. The summed E-state index contributed by atoms with van der Waals surface area (Å²) in [6.45, 7) is 4.22. The van der Waals surface area contributed by atoms with E-state index in [0.717, 1.165) is 24.2 Å². The summed E-state index contributed by atoms with van der Waals surface area (Å²) in [5.41, 5.74) is -0.279. The summed E-state index contributed by atoms with van der Waals surface area (Å²) in [6, 6.07) is 0.334. The number of halogens is 2. The minimum Gasteiger partial charge on any atom is -0.353 e. The molecule has 4 heteroatoms. The van der Waals surface area contributed by atoms with Gasteiger partial charge in [0.05, 0.1) is 8.65 Å². The lowest BCUT2D eigenvalue weighted by Crippen LogP contribution is -2.44. The van der Waals surface area contributed by atoms with E-state index in [4.69, 9.17) is 0 Å². The zero-order valence-corrected chi connectivity index (χ0v) is 14.2. The smallest absolute Gasteiger partial charge is 0.228 e. The SMILES string of the molecule is C[C@H](NC(=O)[C@@]1(C)CC1(Br)Br)[C@@H]1C[C@H]2CC[C@H]1C2. The summed E-state index contributed by atoms with van der Waals surface area (Å²) in [7, 11) is 0. The summed E-state index contributed by atoms with van der Waals surface area (Å²) in [4.78, 5) is 12.3. The van der Waals surface area contributed by atoms with E-state index in [0.29, 0.717) is 6.04 Å². The van der Waals surface area contributed by atoms with Crippen molar-refractivity contribution in [1.82, 2.24) is 5.32 Å². The van der Waals surface area contributed by atoms with Crippen LogP contribution in [0.3, 0.4) is 0 Å². The van der Waals surface area contributed by atoms with Crippen molar-refractivity contribution in [3.63, 3.8) is 0 Å². The fourth-order valence-electron chi connectivity index (χ4n) is 4.03. The number of carbonyl (C=O) groups is 1. The third-order valence-corrected chi connectivity index (χ3v) is 7.86. The Kier molecular flexibility index (Phi) is 3.14. The maximum absolute atomic E-state index is 12.3. The van der Waals surface area contributed by atoms with E-state index in [1.807, 2.05) is 6.92 Å². The monoisotopic (exact) mass is 377 g/mol. The van der Waals surface area contributed by atoms with Crippen LogP contribution in [-0.4, -0.2) is 15.2 Å². The molecule has 3 rings (SSSR count). The molecule has 1 amide bonds. The standard InChI is InChI=1S/C14H21Br2NO/c1-8(11-6-9-3-4-10(11)5-9)17-12(18)13(2)7-14(13,15)16/h8-11H,3-7H2,1-2H3,(H,17,18)/t8-,9-,10-,11-,13+/m0/s1. The summed E-state index contributed by atoms with van der Waals surface area (Å²) in [5.74, 6) is 2.74. The first-order valence-corrected chi connectivity index (χ1v) is 8.61. The maximum atomic E-state index is 12.3. The molecule has 2 bridgehead atoms. The minimum absolute atomic E-state index is 0.175. The lowest BCUT2D eigenvalue weighted by molar-refractivity contribution is -0.126. The quantitative estimate of drug-likeness (QED) is 0.743. The summed E-state index contributed by atoms with van der Waals surface area (Å²) >= 11 is 7.14. The molecule has 0 spiro atoms. The highest BCUT2D eigenvalue weighted by molar-refractivity contribution is 9.25. The molecule has 0 heterocycles. The molecule has 3 fully saturated rings. The van der Waals surface area contributed by atoms with Gasteiger partial charge in [-0.2, -0.15) is 0 Å². The van der Waals surface area contributed by atoms with Crippen LogP contribution in [0, 0.1) is 23.2 Å². The molecule has 0 aromatic heterocycles. The van der Waals surface area contributed by atoms with Gasteiger partial charge in [0.2, 0.25) is 5.91 Å². The van der Waals surface area contributed by atoms with Crippen LogP contribution in [0.1, 0.15) is 46.0 Å². The molecular formula is C14H21Br2NO. The number of carbonyl (C=O) groups excluding carboxylic acids is 1. The predicted molar refractivity (Wildman–Crippen MR) is 79.9 cm³/mol. The lowest BCUT2D eigenvalue weighted by atomic mass is 9.84. The summed E-state index contributed by atoms with van der Waals surface area (Å²) in [5, 5.41) is 3.27. The molecule has 5 atom stereocenters. The van der Waals surface area contributed by atoms with Crippen LogP contribution in [0.25, 0.3) is 0 Å². The van der Waals surface area contributed by atoms with Gasteiger partial charge in [-0.15, -0.1) is 0 Å². The Morgan fingerprint density at radius 1 is 1.33 bits per heavy atom. The van der Waals surface area contributed by atoms with Crippen molar-refractivity contribution < 1.29 is 4.79 Å². The largest absolute Gasteiger partial charge is 0.353 e. The van der Waals surface area contributed by atoms with Crippen molar-refractivity contribution in [3.8, 4) is 0 Å². The van der Waals surface area contributed by atoms with Crippen LogP contribution in [0.5, 0.6) is 0 Å². The fourth-order valence-corrected chi connectivity index (χ4v) is 5.51. The van der Waals surface area contributed by atoms with E-state index in [1.54, 1.807) is 0 Å². The first kappa shape index (κ1) is 13.4. The van der Waals surface area contributed by atoms with Crippen LogP contribution in [0.15, 0.2) is 0 Å². The topological polar surface area (TPSA) is 29.1 Å². The third kappa shape index (κ3) is 1.98. The van der Waals surface area contributed by atoms with E-state index in [9.17, 15) is 4.79 Å². The first-order chi connectivity index (χ1) is 8.33. The number of nitrogens with one attached hydrogen (secondary N) is 1. The van der Waals surface area contributed by atoms with E-state index in [-0.39, 0.29) is 14.6 Å². The molecule has 3 aliphatic carbocycles. The number of hydrogen-bond donors (Lipinski definition) is 1. The van der Waals surface area contributed by atoms with Gasteiger partial charge in [0, 0.05) is 6.04 Å². The number of amides is 1. The molecule has 2 nitrogen and oxygen atoms in total. The Bertz CT molecular complexity index is 384. The first-order valence-electron chi connectivity index (χ1n) is 7.02. The van der Waals surface area contributed by atoms with E-state index >= 15 is 0 Å². The second-order valence-corrected chi connectivity index (χ2v) is 10.6. The second-order valence-electron chi connectivity index (χ2n) is 6.81. The highest BCUT2D eigenvalue weighted by Gasteiger charge is 2.66. The molecular weight excluding hydrogens is 358 g/mol. The molecule has 0 aromatic rings. The van der Waals surface area contributed by atoms with Gasteiger partial charge < -0.3 is 5.32 Å². The molecule has 0 aromatic carbocycles. The van der Waals surface area contributed by atoms with Crippen LogP contribution in [0.4, 0.5) is 0 Å². The zero-order valence-electron chi connectivity index (χ0n) is 11.0. The molecule has 0 radical (unpaired) electrons. The predicted octanol–water partition coefficient (Wildman–Crippen LogP) is 3.82. The zero-order chi connectivity index (χ0) is 13.1. The molecule has 0 unspecified atom stereocenters. The number of alkyl halides is 2. The van der Waals surface area contributed by atoms with Gasteiger partial charge in [-0.25, -0.2) is 0 Å². The molecule has 102 valence electrons. The van der Waals surface area contributed by atoms with Crippen LogP contribution >= 0.6 is 31.9 Å². The molecule has 0 saturated heterocycles. The van der Waals surface area contributed by atoms with Gasteiger partial charge in [0.15, 0.2) is 0 Å². The summed E-state index contributed by atoms with van der Waals surface area (Å²) in [6.07, 6.45) is 6.41. The number of fused-ring (bicyclic) bond motifs is 2. The number of rotatable bonds is 3. The minimum atomic E-state index is -0.279. The van der Waals surface area contributed by atoms with Gasteiger partial charge in [-0.3, -0.25) is 4.79 Å². The second kappa shape index (κ2) is 4.21. The van der Waals surface area contributed by atoms with E-state index in [2.05, 4.69) is 44.1 Å². The maximum Gasteiger partial charge on any atom is 0.228 e. The van der Waals surface area contributed by atoms with Crippen molar-refractivity contribution in [2.24, 2.45) is 23.2 Å². The molecule has 18 heavy (non-hydrogen) atoms. The van der Waals surface area contributed by atoms with Gasteiger partial charge >= 0.3 is 0 Å². The Morgan fingerprint density at radius 2 is 2.00 bits per heavy atom. The summed E-state index contributed by atoms with van der Waals surface area (Å²) < 4.78 is -0.175. The van der Waals surface area contributed by atoms with Crippen molar-refractivity contribution in [1.29, 1.82) is 0 Å². The van der Waals surface area contributed by atoms with Gasteiger partial charge in [-0.05, 0) is 57.3 Å². The van der Waals surface area contributed by atoms with Crippen molar-refractivity contribution in [2.45, 2.75) is 55.2 Å². The highest BCUT2D eigenvalue weighted by Crippen LogP contribution is 2.66. The van der Waals surface area contributed by atoms with Gasteiger partial charge in [-0.1, -0.05) is 38.3 Å². The molecule has 3 saturated carbocycles. The van der Waals surface area contributed by atoms with Gasteiger partial charge in [0.1, 0.15) is 0 Å².